The molecule has 5 saturated carbocycles. The lowest BCUT2D eigenvalue weighted by atomic mass is 9.43. The molecule has 0 aromatic carbocycles. The third kappa shape index (κ3) is 6.09. The van der Waals surface area contributed by atoms with E-state index in [9.17, 15) is 26.7 Å². The lowest BCUT2D eigenvalue weighted by Gasteiger charge is -2.65. The van der Waals surface area contributed by atoms with Crippen molar-refractivity contribution < 1.29 is 40.7 Å². The third-order valence-electron chi connectivity index (χ3n) is 12.6. The Hall–Kier alpha value is -0.590. The van der Waals surface area contributed by atoms with E-state index in [1.54, 1.807) is 0 Å². The second-order valence-corrected chi connectivity index (χ2v) is 21.1. The maximum Gasteiger partial charge on any atom is 0.402 e. The molecule has 7 rings (SSSR count). The number of allylic oxidation sites excluding steroid dienone is 3. The first kappa shape index (κ1) is 33.3. The van der Waals surface area contributed by atoms with Crippen LogP contribution in [0.4, 0.5) is 13.2 Å². The number of ether oxygens (including phenoxy) is 2. The second-order valence-electron chi connectivity index (χ2n) is 15.3. The van der Waals surface area contributed by atoms with Crippen molar-refractivity contribution in [3.05, 3.63) is 23.3 Å². The molecule has 0 spiro atoms. The van der Waals surface area contributed by atoms with Crippen molar-refractivity contribution in [3.8, 4) is 0 Å². The normalized spacial score (nSPS) is 38.8. The van der Waals surface area contributed by atoms with Gasteiger partial charge in [0.1, 0.15) is 0 Å². The van der Waals surface area contributed by atoms with Crippen molar-refractivity contribution in [2.75, 3.05) is 37.6 Å². The van der Waals surface area contributed by atoms with Crippen LogP contribution in [0.2, 0.25) is 0 Å². The van der Waals surface area contributed by atoms with Gasteiger partial charge < -0.3 is 14.6 Å². The number of alkyl halides is 3. The summed E-state index contributed by atoms with van der Waals surface area (Å²) in [5, 5.41) is 7.11. The van der Waals surface area contributed by atoms with Crippen LogP contribution in [0.5, 0.6) is 0 Å². The van der Waals surface area contributed by atoms with Gasteiger partial charge in [-0.3, -0.25) is 4.55 Å². The summed E-state index contributed by atoms with van der Waals surface area (Å²) in [6.07, 6.45) is 15.0. The van der Waals surface area contributed by atoms with Crippen molar-refractivity contribution in [1.82, 2.24) is 0 Å². The predicted octanol–water partition coefficient (Wildman–Crippen LogP) is 6.83. The smallest absolute Gasteiger partial charge is 0.388 e. The SMILES string of the molecule is CC(C(O)C1=CC=C(C2CCCCC2)C(C23CC4CC(CC(OCC(F)C(F)(F)S(=O)(=O)O)(C4)C2)C3)C1)S1(C)CCOCC1. The van der Waals surface area contributed by atoms with E-state index in [0.29, 0.717) is 37.0 Å². The molecule has 6 nitrogen and oxygen atoms in total. The minimum atomic E-state index is -5.89. The summed E-state index contributed by atoms with van der Waals surface area (Å²) in [4.78, 5) is 0. The Kier molecular flexibility index (Phi) is 9.19. The van der Waals surface area contributed by atoms with E-state index in [2.05, 4.69) is 25.3 Å². The van der Waals surface area contributed by atoms with Crippen LogP contribution in [0.3, 0.4) is 0 Å². The summed E-state index contributed by atoms with van der Waals surface area (Å²) in [5.41, 5.74) is 1.64. The Morgan fingerprint density at radius 1 is 1.09 bits per heavy atom. The van der Waals surface area contributed by atoms with Crippen LogP contribution >= 0.6 is 10.0 Å². The van der Waals surface area contributed by atoms with Crippen LogP contribution in [0, 0.1) is 29.1 Å². The highest BCUT2D eigenvalue weighted by Crippen LogP contribution is 2.68. The highest BCUT2D eigenvalue weighted by Gasteiger charge is 2.62. The molecule has 252 valence electrons. The average Bonchev–Trinajstić information content (AvgIpc) is 2.98. The zero-order chi connectivity index (χ0) is 31.5. The summed E-state index contributed by atoms with van der Waals surface area (Å²) in [6.45, 7) is 2.63. The number of rotatable bonds is 10. The van der Waals surface area contributed by atoms with Crippen LogP contribution in [0.1, 0.15) is 84.0 Å². The van der Waals surface area contributed by atoms with Crippen molar-refractivity contribution in [1.29, 1.82) is 0 Å². The number of halogens is 3. The first-order valence-corrected chi connectivity index (χ1v) is 20.6. The van der Waals surface area contributed by atoms with E-state index in [0.717, 1.165) is 68.8 Å². The Morgan fingerprint density at radius 2 is 1.73 bits per heavy atom. The molecular weight excluding hydrogens is 613 g/mol. The Labute approximate surface area is 262 Å². The highest BCUT2D eigenvalue weighted by molar-refractivity contribution is 8.33. The molecule has 2 N–H and O–H groups in total. The van der Waals surface area contributed by atoms with E-state index in [1.807, 2.05) is 0 Å². The largest absolute Gasteiger partial charge is 0.402 e. The fourth-order valence-corrected chi connectivity index (χ4v) is 13.5. The molecule has 1 heterocycles. The molecule has 11 heteroatoms. The topological polar surface area (TPSA) is 93.1 Å². The lowest BCUT2D eigenvalue weighted by Crippen LogP contribution is -2.60. The molecule has 6 aliphatic carbocycles. The van der Waals surface area contributed by atoms with Crippen LogP contribution in [-0.2, 0) is 19.6 Å². The number of hydrogen-bond donors (Lipinski definition) is 2. The van der Waals surface area contributed by atoms with Gasteiger partial charge in [-0.05, 0) is 98.7 Å². The molecule has 6 unspecified atom stereocenters. The molecular formula is C33H51F3O6S2. The summed E-state index contributed by atoms with van der Waals surface area (Å²) in [6, 6.07) is 0. The average molecular weight is 665 g/mol. The number of aliphatic hydroxyl groups excluding tert-OH is 1. The molecule has 44 heavy (non-hydrogen) atoms. The molecule has 0 amide bonds. The fraction of sp³-hybridized carbons (Fsp3) is 0.879. The molecule has 6 atom stereocenters. The van der Waals surface area contributed by atoms with Gasteiger partial charge in [-0.1, -0.05) is 43.9 Å². The molecule has 7 aliphatic rings. The second kappa shape index (κ2) is 12.1. The van der Waals surface area contributed by atoms with Crippen LogP contribution in [0.15, 0.2) is 23.3 Å². The molecule has 0 aromatic heterocycles. The summed E-state index contributed by atoms with van der Waals surface area (Å²) >= 11 is 0. The van der Waals surface area contributed by atoms with Gasteiger partial charge in [0, 0.05) is 16.8 Å². The molecule has 0 radical (unpaired) electrons. The van der Waals surface area contributed by atoms with Crippen molar-refractivity contribution >= 4 is 20.1 Å². The first-order chi connectivity index (χ1) is 20.7. The maximum atomic E-state index is 14.7. The Morgan fingerprint density at radius 3 is 2.34 bits per heavy atom. The molecule has 1 aliphatic heterocycles. The maximum absolute atomic E-state index is 14.7. The first-order valence-electron chi connectivity index (χ1n) is 16.7. The van der Waals surface area contributed by atoms with Crippen molar-refractivity contribution in [2.45, 2.75) is 112 Å². The van der Waals surface area contributed by atoms with Gasteiger partial charge in [0.05, 0.1) is 31.5 Å². The van der Waals surface area contributed by atoms with E-state index < -0.39 is 49.9 Å². The minimum Gasteiger partial charge on any atom is -0.388 e. The van der Waals surface area contributed by atoms with Gasteiger partial charge in [-0.25, -0.2) is 14.4 Å². The molecule has 0 aromatic rings. The summed E-state index contributed by atoms with van der Waals surface area (Å²) in [7, 11) is -6.92. The predicted molar refractivity (Wildman–Crippen MR) is 168 cm³/mol. The standard InChI is InChI=1S/C33H51F3O6S2/c1-22(43(2)12-10-41-11-13-43)30(37)26-8-9-27(25-6-4-3-5-7-25)28(15-26)31-16-23-14-24(17-31)19-32(18-23,21-31)42-20-29(34)33(35,36)44(38,39)40/h8-9,22-25,28-30,37H,3-7,10-21H2,1-2H3,(H,38,39,40). The minimum absolute atomic E-state index is 0.136. The lowest BCUT2D eigenvalue weighted by molar-refractivity contribution is -0.215. The van der Waals surface area contributed by atoms with Gasteiger partial charge in [-0.15, -0.1) is 0 Å². The third-order valence-corrected chi connectivity index (χ3v) is 17.8. The van der Waals surface area contributed by atoms with Gasteiger partial charge in [-0.2, -0.15) is 17.2 Å². The van der Waals surface area contributed by atoms with Gasteiger partial charge in [0.2, 0.25) is 6.17 Å². The van der Waals surface area contributed by atoms with Gasteiger partial charge in [0.15, 0.2) is 0 Å². The van der Waals surface area contributed by atoms with Crippen LogP contribution in [0.25, 0.3) is 0 Å². The van der Waals surface area contributed by atoms with E-state index >= 15 is 0 Å². The van der Waals surface area contributed by atoms with E-state index in [1.165, 1.54) is 24.8 Å². The van der Waals surface area contributed by atoms with E-state index in [-0.39, 0.29) is 16.6 Å². The number of aliphatic hydroxyl groups is 1. The fourth-order valence-electron chi connectivity index (χ4n) is 10.4. The van der Waals surface area contributed by atoms with Crippen molar-refractivity contribution in [3.63, 3.8) is 0 Å². The van der Waals surface area contributed by atoms with Crippen LogP contribution < -0.4 is 0 Å². The zero-order valence-corrected chi connectivity index (χ0v) is 27.8. The summed E-state index contributed by atoms with van der Waals surface area (Å²) in [5.74, 6) is 3.39. The highest BCUT2D eigenvalue weighted by atomic mass is 32.3. The molecule has 6 fully saturated rings. The summed E-state index contributed by atoms with van der Waals surface area (Å²) < 4.78 is 85.9. The monoisotopic (exact) mass is 664 g/mol. The van der Waals surface area contributed by atoms with Crippen molar-refractivity contribution in [2.24, 2.45) is 29.1 Å². The zero-order valence-electron chi connectivity index (χ0n) is 26.2. The Balaban J connectivity index is 1.28. The Bertz CT molecular complexity index is 1230. The number of hydrogen-bond acceptors (Lipinski definition) is 5. The quantitative estimate of drug-likeness (QED) is 0.249. The van der Waals surface area contributed by atoms with Gasteiger partial charge in [0.25, 0.3) is 0 Å². The van der Waals surface area contributed by atoms with Crippen LogP contribution in [-0.4, -0.2) is 84.0 Å². The molecule has 4 bridgehead atoms. The molecule has 1 saturated heterocycles. The van der Waals surface area contributed by atoms with Gasteiger partial charge >= 0.3 is 15.4 Å². The van der Waals surface area contributed by atoms with E-state index in [4.69, 9.17) is 14.0 Å².